The number of rotatable bonds is 10. The van der Waals surface area contributed by atoms with Crippen LogP contribution < -0.4 is 5.32 Å². The lowest BCUT2D eigenvalue weighted by Crippen LogP contribution is -2.66. The number of esters is 1. The summed E-state index contributed by atoms with van der Waals surface area (Å²) in [6.45, 7) is 25.8. The second-order valence-corrected chi connectivity index (χ2v) is 22.9. The van der Waals surface area contributed by atoms with Crippen molar-refractivity contribution in [1.29, 1.82) is 0 Å². The normalized spacial score (nSPS) is 37.5. The zero-order valence-corrected chi connectivity index (χ0v) is 40.2. The van der Waals surface area contributed by atoms with Gasteiger partial charge in [0.1, 0.15) is 11.9 Å². The van der Waals surface area contributed by atoms with Gasteiger partial charge in [-0.25, -0.2) is 0 Å². The number of carboxylic acid groups (broad SMARTS) is 1. The molecule has 0 bridgehead atoms. The molecule has 0 radical (unpaired) electrons. The second kappa shape index (κ2) is 16.2. The van der Waals surface area contributed by atoms with E-state index in [1.54, 1.807) is 20.1 Å². The Morgan fingerprint density at radius 2 is 1.75 bits per heavy atom. The van der Waals surface area contributed by atoms with Gasteiger partial charge in [-0.1, -0.05) is 66.1 Å². The van der Waals surface area contributed by atoms with Gasteiger partial charge in [-0.05, 0) is 162 Å². The number of ether oxygens (including phenoxy) is 1. The van der Waals surface area contributed by atoms with Gasteiger partial charge in [0, 0.05) is 31.1 Å². The van der Waals surface area contributed by atoms with Gasteiger partial charge in [-0.15, -0.1) is 0 Å². The summed E-state index contributed by atoms with van der Waals surface area (Å²) in [5.74, 6) is 1.17. The maximum Gasteiger partial charge on any atom is 0.309 e. The highest BCUT2D eigenvalue weighted by Gasteiger charge is 2.71. The smallest absolute Gasteiger partial charge is 0.309 e. The Balaban J connectivity index is 1.25. The van der Waals surface area contributed by atoms with E-state index >= 15 is 0 Å². The molecule has 0 saturated heterocycles. The monoisotopic (exact) mass is 859 g/mol. The molecule has 10 heteroatoms. The third-order valence-electron chi connectivity index (χ3n) is 17.9. The van der Waals surface area contributed by atoms with Crippen LogP contribution in [-0.2, 0) is 19.1 Å². The number of aliphatic imine (C=N–C) groups is 2. The van der Waals surface area contributed by atoms with Crippen molar-refractivity contribution < 1.29 is 24.2 Å². The molecule has 0 amide bonds. The fourth-order valence-electron chi connectivity index (χ4n) is 14.6. The van der Waals surface area contributed by atoms with Crippen LogP contribution in [0.2, 0.25) is 0 Å². The number of hydrogen-bond donors (Lipinski definition) is 2. The van der Waals surface area contributed by atoms with E-state index in [4.69, 9.17) is 26.3 Å². The number of amidine groups is 1. The molecule has 2 N–H and O–H groups in total. The number of carbonyl (C=O) groups is 3. The van der Waals surface area contributed by atoms with Crippen molar-refractivity contribution in [3.05, 3.63) is 45.3 Å². The van der Waals surface area contributed by atoms with Crippen LogP contribution in [0.5, 0.6) is 0 Å². The number of Topliss-reactive ketones (excluding diaryl/α,β-unsaturated/α-hetero) is 1. The average Bonchev–Trinajstić information content (AvgIpc) is 3.47. The van der Waals surface area contributed by atoms with Crippen LogP contribution in [0.4, 0.5) is 0 Å². The molecule has 9 atom stereocenters. The molecule has 9 unspecified atom stereocenters. The van der Waals surface area contributed by atoms with E-state index in [-0.39, 0.29) is 52.1 Å². The van der Waals surface area contributed by atoms with Crippen LogP contribution in [0, 0.1) is 56.2 Å². The van der Waals surface area contributed by atoms with Gasteiger partial charge in [0.2, 0.25) is 0 Å². The Bertz CT molecular complexity index is 2020. The first-order chi connectivity index (χ1) is 28.5. The summed E-state index contributed by atoms with van der Waals surface area (Å²) >= 11 is 6.57. The van der Waals surface area contributed by atoms with Crippen molar-refractivity contribution in [2.45, 2.75) is 165 Å². The summed E-state index contributed by atoms with van der Waals surface area (Å²) < 4.78 is 6.24. The fourth-order valence-corrected chi connectivity index (χ4v) is 14.8. The quantitative estimate of drug-likeness (QED) is 0.210. The van der Waals surface area contributed by atoms with E-state index in [1.807, 2.05) is 13.1 Å². The van der Waals surface area contributed by atoms with E-state index < -0.39 is 22.8 Å². The molecule has 61 heavy (non-hydrogen) atoms. The Morgan fingerprint density at radius 1 is 1.03 bits per heavy atom. The van der Waals surface area contributed by atoms with E-state index in [1.165, 1.54) is 11.1 Å². The van der Waals surface area contributed by atoms with Crippen LogP contribution in [-0.4, -0.2) is 72.1 Å². The number of allylic oxidation sites excluding steroid dienone is 4. The number of aliphatic carboxylic acids is 1. The number of carboxylic acids is 1. The topological polar surface area (TPSA) is 121 Å². The Labute approximate surface area is 371 Å². The minimum Gasteiger partial charge on any atom is -0.481 e. The van der Waals surface area contributed by atoms with Crippen molar-refractivity contribution >= 4 is 41.4 Å². The molecule has 7 rings (SSSR count). The minimum absolute atomic E-state index is 0.0231. The number of likely N-dealkylation sites (N-methyl/N-ethyl adjacent to an activating group) is 1. The Morgan fingerprint density at radius 3 is 2.43 bits per heavy atom. The van der Waals surface area contributed by atoms with Gasteiger partial charge in [0.15, 0.2) is 5.78 Å². The number of fused-ring (bicyclic) bond motifs is 7. The first-order valence-electron chi connectivity index (χ1n) is 23.5. The minimum atomic E-state index is -1.17. The van der Waals surface area contributed by atoms with E-state index in [2.05, 4.69) is 78.6 Å². The van der Waals surface area contributed by atoms with Gasteiger partial charge in [-0.2, -0.15) is 0 Å². The molecule has 336 valence electrons. The van der Waals surface area contributed by atoms with Crippen LogP contribution in [0.15, 0.2) is 55.3 Å². The van der Waals surface area contributed by atoms with Gasteiger partial charge in [0.05, 0.1) is 39.7 Å². The lowest BCUT2D eigenvalue weighted by atomic mass is 9.33. The summed E-state index contributed by atoms with van der Waals surface area (Å²) in [7, 11) is 2.00. The highest BCUT2D eigenvalue weighted by molar-refractivity contribution is 6.39. The predicted molar refractivity (Wildman–Crippen MR) is 245 cm³/mol. The van der Waals surface area contributed by atoms with Crippen molar-refractivity contribution in [1.82, 2.24) is 10.2 Å². The largest absolute Gasteiger partial charge is 0.481 e. The van der Waals surface area contributed by atoms with Crippen molar-refractivity contribution in [2.24, 2.45) is 66.1 Å². The number of halogens is 1. The maximum absolute atomic E-state index is 14.8. The summed E-state index contributed by atoms with van der Waals surface area (Å²) in [6, 6.07) is -0.0742. The lowest BCUT2D eigenvalue weighted by molar-refractivity contribution is -0.232. The molecule has 0 aromatic carbocycles. The highest BCUT2D eigenvalue weighted by Crippen LogP contribution is 2.77. The van der Waals surface area contributed by atoms with Crippen LogP contribution >= 0.6 is 11.6 Å². The van der Waals surface area contributed by atoms with Crippen LogP contribution in [0.3, 0.4) is 0 Å². The molecule has 0 spiro atoms. The summed E-state index contributed by atoms with van der Waals surface area (Å²) in [4.78, 5) is 53.0. The Kier molecular flexibility index (Phi) is 12.2. The van der Waals surface area contributed by atoms with Gasteiger partial charge in [-0.3, -0.25) is 24.4 Å². The molecule has 2 heterocycles. The van der Waals surface area contributed by atoms with Gasteiger partial charge >= 0.3 is 11.9 Å². The molecule has 4 fully saturated rings. The molecule has 5 aliphatic carbocycles. The number of nitrogens with one attached hydrogen (secondary N) is 1. The van der Waals surface area contributed by atoms with E-state index in [9.17, 15) is 19.5 Å². The second-order valence-electron chi connectivity index (χ2n) is 22.5. The van der Waals surface area contributed by atoms with E-state index in [0.717, 1.165) is 100 Å². The number of hydrogen-bond acceptors (Lipinski definition) is 8. The Hall–Kier alpha value is -3.04. The summed E-state index contributed by atoms with van der Waals surface area (Å²) in [5, 5.41) is 13.8. The SMILES string of the molecule is CNCCN1C(C2=C(C)CCC=C(Cl)C=N2)=CC(C)N=C1C12CCC3(C)C(CCC4C5(C)CCC(OC(=O)CC(C)(C)C(=O)O)C(C)(C)C5CCC43C)C1=C(C(C)C)C(=O)C2. The van der Waals surface area contributed by atoms with Crippen LogP contribution in [0.25, 0.3) is 0 Å². The molecule has 7 aliphatic rings. The zero-order chi connectivity index (χ0) is 44.7. The lowest BCUT2D eigenvalue weighted by Gasteiger charge is -2.72. The third-order valence-corrected chi connectivity index (χ3v) is 18.2. The highest BCUT2D eigenvalue weighted by atomic mass is 35.5. The molecular weight excluding hydrogens is 784 g/mol. The first kappa shape index (κ1) is 46.0. The first-order valence-corrected chi connectivity index (χ1v) is 23.9. The molecule has 0 aromatic heterocycles. The van der Waals surface area contributed by atoms with E-state index in [0.29, 0.717) is 29.1 Å². The van der Waals surface area contributed by atoms with Crippen LogP contribution in [0.1, 0.15) is 153 Å². The van der Waals surface area contributed by atoms with Gasteiger partial charge in [0.25, 0.3) is 0 Å². The maximum atomic E-state index is 14.8. The molecule has 9 nitrogen and oxygen atoms in total. The number of ketones is 1. The molecule has 0 aromatic rings. The standard InChI is InChI=1S/C51H75ClN4O5/c1-30(2)41-36(57)27-51(44-55-32(4)26-35(56(44)25-24-53-12)43-31(3)14-13-15-33(52)29-54-43)23-22-49(10)34(42(41)51)16-17-38-48(9)20-19-39(61-40(58)28-46(5,6)45(59)60)47(7,8)37(48)18-21-50(38,49)11/h15,26,29-30,32,34,37-39,53H,13-14,16-25,27-28H2,1-12H3,(H,59,60). The number of nitrogens with zero attached hydrogens (tertiary/aromatic N) is 3. The van der Waals surface area contributed by atoms with Crippen molar-refractivity contribution in [3.8, 4) is 0 Å². The molecular formula is C51H75ClN4O5. The average molecular weight is 860 g/mol. The van der Waals surface area contributed by atoms with Crippen molar-refractivity contribution in [2.75, 3.05) is 20.1 Å². The summed E-state index contributed by atoms with van der Waals surface area (Å²) in [6.07, 6.45) is 15.9. The predicted octanol–water partition coefficient (Wildman–Crippen LogP) is 10.8. The fraction of sp³-hybridized carbons (Fsp3) is 0.745. The van der Waals surface area contributed by atoms with Crippen molar-refractivity contribution in [3.63, 3.8) is 0 Å². The summed E-state index contributed by atoms with van der Waals surface area (Å²) in [5.41, 5.74) is 3.89. The number of carbonyl (C=O) groups excluding carboxylic acids is 2. The zero-order valence-electron chi connectivity index (χ0n) is 39.4. The molecule has 2 aliphatic heterocycles. The van der Waals surface area contributed by atoms with Gasteiger partial charge < -0.3 is 20.1 Å². The third kappa shape index (κ3) is 7.35. The molecule has 4 saturated carbocycles.